The van der Waals surface area contributed by atoms with Gasteiger partial charge in [0, 0.05) is 12.8 Å². The highest BCUT2D eigenvalue weighted by Crippen LogP contribution is 2.22. The Labute approximate surface area is 127 Å². The molecule has 0 radical (unpaired) electrons. The summed E-state index contributed by atoms with van der Waals surface area (Å²) in [6.45, 7) is 3.56. The van der Waals surface area contributed by atoms with Crippen molar-refractivity contribution in [3.8, 4) is 0 Å². The monoisotopic (exact) mass is 306 g/mol. The Kier molecular flexibility index (Phi) is 5.16. The second kappa shape index (κ2) is 7.09. The molecule has 1 atom stereocenters. The molecular weight excluding hydrogens is 288 g/mol. The summed E-state index contributed by atoms with van der Waals surface area (Å²) in [6.07, 6.45) is -0.518. The molecule has 0 bridgehead atoms. The number of aliphatic hydroxyl groups excluding tert-OH is 1. The first kappa shape index (κ1) is 16.0. The van der Waals surface area contributed by atoms with Gasteiger partial charge in [0.15, 0.2) is 11.9 Å². The summed E-state index contributed by atoms with van der Waals surface area (Å²) in [7, 11) is 0. The fraction of sp³-hybridized carbons (Fsp3) is 0.375. The number of ketones is 1. The highest BCUT2D eigenvalue weighted by Gasteiger charge is 2.25. The molecule has 1 N–H and O–H groups in total. The van der Waals surface area contributed by atoms with Crippen LogP contribution in [0.1, 0.15) is 54.2 Å². The molecule has 0 spiro atoms. The van der Waals surface area contributed by atoms with Gasteiger partial charge in [0.25, 0.3) is 0 Å². The first-order chi connectivity index (χ1) is 10.5. The van der Waals surface area contributed by atoms with Crippen molar-refractivity contribution in [3.63, 3.8) is 0 Å². The zero-order chi connectivity index (χ0) is 16.1. The van der Waals surface area contributed by atoms with Crippen LogP contribution in [0.4, 0.5) is 0 Å². The first-order valence-corrected chi connectivity index (χ1v) is 7.10. The van der Waals surface area contributed by atoms with Crippen LogP contribution in [-0.4, -0.2) is 16.9 Å². The molecule has 0 aliphatic rings. The lowest BCUT2D eigenvalue weighted by molar-refractivity contribution is -0.145. The number of Topliss-reactive ketones (excluding diaryl/α,β-unsaturated/α-hetero) is 1. The lowest BCUT2D eigenvalue weighted by Gasteiger charge is -2.05. The van der Waals surface area contributed by atoms with Crippen LogP contribution in [-0.2, 0) is 22.6 Å². The number of rotatable bonds is 7. The molecule has 0 aromatic carbocycles. The zero-order valence-corrected chi connectivity index (χ0v) is 12.5. The van der Waals surface area contributed by atoms with Gasteiger partial charge in [0.2, 0.25) is 5.78 Å². The van der Waals surface area contributed by atoms with Gasteiger partial charge in [-0.3, -0.25) is 9.59 Å². The van der Waals surface area contributed by atoms with Crippen molar-refractivity contribution >= 4 is 11.8 Å². The smallest absolute Gasteiger partial charge is 0.305 e. The van der Waals surface area contributed by atoms with Gasteiger partial charge in [-0.1, -0.05) is 13.8 Å². The van der Waals surface area contributed by atoms with Crippen LogP contribution >= 0.6 is 0 Å². The SMILES string of the molecule is CCC(=O)OCc1ccc(C(O)C(=O)c2ccc(CC)o2)o1. The molecule has 0 amide bonds. The fourth-order valence-corrected chi connectivity index (χ4v) is 1.84. The molecule has 0 saturated heterocycles. The minimum Gasteiger partial charge on any atom is -0.459 e. The predicted molar refractivity (Wildman–Crippen MR) is 76.2 cm³/mol. The molecule has 2 aromatic rings. The highest BCUT2D eigenvalue weighted by molar-refractivity contribution is 5.97. The van der Waals surface area contributed by atoms with E-state index in [0.717, 1.165) is 0 Å². The van der Waals surface area contributed by atoms with Gasteiger partial charge in [0.05, 0.1) is 0 Å². The van der Waals surface area contributed by atoms with E-state index < -0.39 is 11.9 Å². The summed E-state index contributed by atoms with van der Waals surface area (Å²) in [5, 5.41) is 10.1. The van der Waals surface area contributed by atoms with Gasteiger partial charge < -0.3 is 18.7 Å². The van der Waals surface area contributed by atoms with Crippen LogP contribution in [0.25, 0.3) is 0 Å². The maximum absolute atomic E-state index is 12.1. The van der Waals surface area contributed by atoms with Gasteiger partial charge >= 0.3 is 5.97 Å². The predicted octanol–water partition coefficient (Wildman–Crippen LogP) is 2.80. The van der Waals surface area contributed by atoms with Gasteiger partial charge in [-0.2, -0.15) is 0 Å². The summed E-state index contributed by atoms with van der Waals surface area (Å²) in [5.41, 5.74) is 0. The average Bonchev–Trinajstić information content (AvgIpc) is 3.19. The van der Waals surface area contributed by atoms with E-state index in [1.165, 1.54) is 12.1 Å². The van der Waals surface area contributed by atoms with Crippen LogP contribution in [0.3, 0.4) is 0 Å². The van der Waals surface area contributed by atoms with Gasteiger partial charge in [0.1, 0.15) is 23.9 Å². The Morgan fingerprint density at radius 2 is 1.86 bits per heavy atom. The number of esters is 1. The summed E-state index contributed by atoms with van der Waals surface area (Å²) < 4.78 is 15.6. The third kappa shape index (κ3) is 3.65. The molecule has 2 aromatic heterocycles. The molecule has 0 fully saturated rings. The third-order valence-electron chi connectivity index (χ3n) is 3.12. The fourth-order valence-electron chi connectivity index (χ4n) is 1.84. The quantitative estimate of drug-likeness (QED) is 0.625. The average molecular weight is 306 g/mol. The van der Waals surface area contributed by atoms with E-state index in [2.05, 4.69) is 0 Å². The summed E-state index contributed by atoms with van der Waals surface area (Å²) in [4.78, 5) is 23.2. The van der Waals surface area contributed by atoms with Crippen molar-refractivity contribution in [2.75, 3.05) is 0 Å². The molecule has 6 heteroatoms. The van der Waals surface area contributed by atoms with E-state index in [1.54, 1.807) is 19.1 Å². The van der Waals surface area contributed by atoms with Crippen LogP contribution < -0.4 is 0 Å². The lowest BCUT2D eigenvalue weighted by Crippen LogP contribution is -2.10. The number of hydrogen-bond donors (Lipinski definition) is 1. The van der Waals surface area contributed by atoms with E-state index in [1.807, 2.05) is 6.92 Å². The number of aryl methyl sites for hydroxylation is 1. The molecule has 1 unspecified atom stereocenters. The van der Waals surface area contributed by atoms with Crippen molar-refractivity contribution < 1.29 is 28.3 Å². The Bertz CT molecular complexity index is 651. The zero-order valence-electron chi connectivity index (χ0n) is 12.5. The Morgan fingerprint density at radius 1 is 1.14 bits per heavy atom. The van der Waals surface area contributed by atoms with E-state index in [9.17, 15) is 14.7 Å². The van der Waals surface area contributed by atoms with Crippen LogP contribution in [0, 0.1) is 0 Å². The highest BCUT2D eigenvalue weighted by atomic mass is 16.5. The number of ether oxygens (including phenoxy) is 1. The maximum Gasteiger partial charge on any atom is 0.305 e. The van der Waals surface area contributed by atoms with Crippen LogP contribution in [0.15, 0.2) is 33.1 Å². The summed E-state index contributed by atoms with van der Waals surface area (Å²) in [6, 6.07) is 6.24. The van der Waals surface area contributed by atoms with E-state index >= 15 is 0 Å². The van der Waals surface area contributed by atoms with Crippen LogP contribution in [0.2, 0.25) is 0 Å². The topological polar surface area (TPSA) is 89.9 Å². The van der Waals surface area contributed by atoms with E-state index in [0.29, 0.717) is 17.9 Å². The van der Waals surface area contributed by atoms with E-state index in [-0.39, 0.29) is 30.5 Å². The minimum atomic E-state index is -1.45. The van der Waals surface area contributed by atoms with Crippen molar-refractivity contribution in [1.82, 2.24) is 0 Å². The van der Waals surface area contributed by atoms with Gasteiger partial charge in [-0.05, 0) is 24.3 Å². The normalized spacial score (nSPS) is 12.1. The second-order valence-electron chi connectivity index (χ2n) is 4.70. The molecule has 2 rings (SSSR count). The molecule has 118 valence electrons. The summed E-state index contributed by atoms with van der Waals surface area (Å²) >= 11 is 0. The van der Waals surface area contributed by atoms with Crippen molar-refractivity contribution in [2.24, 2.45) is 0 Å². The van der Waals surface area contributed by atoms with E-state index in [4.69, 9.17) is 13.6 Å². The molecule has 22 heavy (non-hydrogen) atoms. The first-order valence-electron chi connectivity index (χ1n) is 7.10. The maximum atomic E-state index is 12.1. The number of aliphatic hydroxyl groups is 1. The van der Waals surface area contributed by atoms with Crippen molar-refractivity contribution in [3.05, 3.63) is 47.3 Å². The lowest BCUT2D eigenvalue weighted by atomic mass is 10.1. The number of carbonyl (C=O) groups is 2. The van der Waals surface area contributed by atoms with Gasteiger partial charge in [-0.25, -0.2) is 0 Å². The minimum absolute atomic E-state index is 0.0334. The molecule has 0 aliphatic carbocycles. The molecule has 2 heterocycles. The standard InChI is InChI=1S/C16H18O6/c1-3-10-5-7-12(21-10)15(18)16(19)13-8-6-11(22-13)9-20-14(17)4-2/h5-8,16,19H,3-4,9H2,1-2H3. The number of hydrogen-bond acceptors (Lipinski definition) is 6. The molecule has 0 aliphatic heterocycles. The molecular formula is C16H18O6. The summed E-state index contributed by atoms with van der Waals surface area (Å²) in [5.74, 6) is 0.268. The Hall–Kier alpha value is -2.34. The Morgan fingerprint density at radius 3 is 2.50 bits per heavy atom. The third-order valence-corrected chi connectivity index (χ3v) is 3.12. The molecule has 0 saturated carbocycles. The van der Waals surface area contributed by atoms with Crippen LogP contribution in [0.5, 0.6) is 0 Å². The molecule has 6 nitrogen and oxygen atoms in total. The second-order valence-corrected chi connectivity index (χ2v) is 4.70. The Balaban J connectivity index is 2.03. The van der Waals surface area contributed by atoms with Crippen molar-refractivity contribution in [1.29, 1.82) is 0 Å². The van der Waals surface area contributed by atoms with Gasteiger partial charge in [-0.15, -0.1) is 0 Å². The number of furan rings is 2. The largest absolute Gasteiger partial charge is 0.459 e. The number of carbonyl (C=O) groups excluding carboxylic acids is 2. The van der Waals surface area contributed by atoms with Crippen molar-refractivity contribution in [2.45, 2.75) is 39.4 Å².